The van der Waals surface area contributed by atoms with Gasteiger partial charge in [-0.25, -0.2) is 8.42 Å². The van der Waals surface area contributed by atoms with Crippen molar-refractivity contribution in [1.29, 1.82) is 0 Å². The van der Waals surface area contributed by atoms with E-state index in [0.29, 0.717) is 12.2 Å². The molecule has 0 radical (unpaired) electrons. The van der Waals surface area contributed by atoms with Crippen molar-refractivity contribution in [2.45, 2.75) is 11.4 Å². The van der Waals surface area contributed by atoms with Gasteiger partial charge in [0.2, 0.25) is 0 Å². The summed E-state index contributed by atoms with van der Waals surface area (Å²) in [5.74, 6) is 0. The minimum absolute atomic E-state index is 0.0810. The molecule has 0 saturated carbocycles. The van der Waals surface area contributed by atoms with Crippen LogP contribution in [-0.4, -0.2) is 19.6 Å². The summed E-state index contributed by atoms with van der Waals surface area (Å²) < 4.78 is 23.9. The van der Waals surface area contributed by atoms with E-state index in [1.807, 2.05) is 42.5 Å². The summed E-state index contributed by atoms with van der Waals surface area (Å²) in [4.78, 5) is 10.2. The first kappa shape index (κ1) is 16.9. The van der Waals surface area contributed by atoms with Crippen LogP contribution in [0.4, 0.5) is 11.4 Å². The van der Waals surface area contributed by atoms with Gasteiger partial charge >= 0.3 is 0 Å². The van der Waals surface area contributed by atoms with E-state index in [4.69, 9.17) is 0 Å². The van der Waals surface area contributed by atoms with Crippen LogP contribution in [0, 0.1) is 10.1 Å². The van der Waals surface area contributed by atoms with Crippen molar-refractivity contribution in [3.8, 4) is 0 Å². The Hall–Kier alpha value is -2.93. The highest BCUT2D eigenvalue weighted by Gasteiger charge is 2.18. The van der Waals surface area contributed by atoms with Gasteiger partial charge < -0.3 is 5.32 Å². The largest absolute Gasteiger partial charge is 0.380 e. The zero-order valence-electron chi connectivity index (χ0n) is 13.5. The predicted octanol–water partition coefficient (Wildman–Crippen LogP) is 3.76. The summed E-state index contributed by atoms with van der Waals surface area (Å²) in [7, 11) is -3.60. The lowest BCUT2D eigenvalue weighted by Crippen LogP contribution is -2.07. The van der Waals surface area contributed by atoms with Crippen molar-refractivity contribution < 1.29 is 13.3 Å². The molecule has 0 atom stereocenters. The molecule has 0 spiro atoms. The first-order valence-electron chi connectivity index (χ1n) is 7.54. The SMILES string of the molecule is CS(=O)(=O)c1cc([N+](=O)[O-])ccc1NCc1ccc2ccccc2c1. The van der Waals surface area contributed by atoms with Crippen molar-refractivity contribution in [3.05, 3.63) is 76.3 Å². The zero-order valence-corrected chi connectivity index (χ0v) is 14.3. The Labute approximate surface area is 145 Å². The van der Waals surface area contributed by atoms with E-state index in [1.165, 1.54) is 12.1 Å². The average molecular weight is 356 g/mol. The monoisotopic (exact) mass is 356 g/mol. The fourth-order valence-corrected chi connectivity index (χ4v) is 3.50. The van der Waals surface area contributed by atoms with Crippen LogP contribution in [0.25, 0.3) is 10.8 Å². The maximum absolute atomic E-state index is 12.0. The summed E-state index contributed by atoms with van der Waals surface area (Å²) in [5.41, 5.74) is 1.08. The molecule has 0 saturated heterocycles. The highest BCUT2D eigenvalue weighted by atomic mass is 32.2. The first-order chi connectivity index (χ1) is 11.8. The van der Waals surface area contributed by atoms with Crippen molar-refractivity contribution in [1.82, 2.24) is 0 Å². The topological polar surface area (TPSA) is 89.3 Å². The molecule has 0 aliphatic heterocycles. The smallest absolute Gasteiger partial charge is 0.270 e. The maximum atomic E-state index is 12.0. The third kappa shape index (κ3) is 3.77. The molecule has 0 amide bonds. The standard InChI is InChI=1S/C18H16N2O4S/c1-25(23,24)18-11-16(20(21)22)8-9-17(18)19-12-13-6-7-14-4-2-3-5-15(14)10-13/h2-11,19H,12H2,1H3. The Morgan fingerprint density at radius 1 is 1.00 bits per heavy atom. The highest BCUT2D eigenvalue weighted by molar-refractivity contribution is 7.90. The zero-order chi connectivity index (χ0) is 18.0. The fraction of sp³-hybridized carbons (Fsp3) is 0.111. The summed E-state index contributed by atoms with van der Waals surface area (Å²) in [6, 6.07) is 17.7. The molecule has 128 valence electrons. The second-order valence-electron chi connectivity index (χ2n) is 5.74. The molecule has 3 aromatic carbocycles. The average Bonchev–Trinajstić information content (AvgIpc) is 2.58. The number of nitro benzene ring substituents is 1. The van der Waals surface area contributed by atoms with Crippen LogP contribution in [0.5, 0.6) is 0 Å². The number of nitrogens with one attached hydrogen (secondary N) is 1. The van der Waals surface area contributed by atoms with Gasteiger partial charge in [0.15, 0.2) is 9.84 Å². The Kier molecular flexibility index (Phi) is 4.41. The normalized spacial score (nSPS) is 11.4. The molecule has 0 heterocycles. The van der Waals surface area contributed by atoms with Gasteiger partial charge in [-0.2, -0.15) is 0 Å². The van der Waals surface area contributed by atoms with Crippen LogP contribution in [0.2, 0.25) is 0 Å². The van der Waals surface area contributed by atoms with Crippen molar-refractivity contribution in [2.75, 3.05) is 11.6 Å². The van der Waals surface area contributed by atoms with Crippen LogP contribution in [0.3, 0.4) is 0 Å². The van der Waals surface area contributed by atoms with Gasteiger partial charge in [-0.3, -0.25) is 10.1 Å². The van der Waals surface area contributed by atoms with Crippen LogP contribution < -0.4 is 5.32 Å². The van der Waals surface area contributed by atoms with Gasteiger partial charge in [0.1, 0.15) is 0 Å². The molecule has 0 aromatic heterocycles. The van der Waals surface area contributed by atoms with Crippen molar-refractivity contribution in [3.63, 3.8) is 0 Å². The molecular formula is C18H16N2O4S. The quantitative estimate of drug-likeness (QED) is 0.555. The van der Waals surface area contributed by atoms with Gasteiger partial charge in [-0.15, -0.1) is 0 Å². The molecule has 1 N–H and O–H groups in total. The third-order valence-electron chi connectivity index (χ3n) is 3.87. The molecule has 3 rings (SSSR count). The molecule has 0 aliphatic carbocycles. The first-order valence-corrected chi connectivity index (χ1v) is 9.44. The van der Waals surface area contributed by atoms with E-state index >= 15 is 0 Å². The molecule has 7 heteroatoms. The summed E-state index contributed by atoms with van der Waals surface area (Å²) >= 11 is 0. The molecule has 0 fully saturated rings. The van der Waals surface area contributed by atoms with Crippen LogP contribution in [0.15, 0.2) is 65.6 Å². The van der Waals surface area contributed by atoms with E-state index in [2.05, 4.69) is 5.32 Å². The van der Waals surface area contributed by atoms with Crippen LogP contribution in [0.1, 0.15) is 5.56 Å². The number of nitrogens with zero attached hydrogens (tertiary/aromatic N) is 1. The van der Waals surface area contributed by atoms with Gasteiger partial charge in [0.05, 0.1) is 15.5 Å². The number of fused-ring (bicyclic) bond motifs is 1. The number of hydrogen-bond acceptors (Lipinski definition) is 5. The Bertz CT molecular complexity index is 1060. The Morgan fingerprint density at radius 3 is 2.40 bits per heavy atom. The maximum Gasteiger partial charge on any atom is 0.270 e. The van der Waals surface area contributed by atoms with E-state index in [-0.39, 0.29) is 10.6 Å². The number of hydrogen-bond donors (Lipinski definition) is 1. The summed E-state index contributed by atoms with van der Waals surface area (Å²) in [6.45, 7) is 0.408. The number of anilines is 1. The third-order valence-corrected chi connectivity index (χ3v) is 5.01. The van der Waals surface area contributed by atoms with Crippen LogP contribution in [-0.2, 0) is 16.4 Å². The Morgan fingerprint density at radius 2 is 1.72 bits per heavy atom. The van der Waals surface area contributed by atoms with Crippen LogP contribution >= 0.6 is 0 Å². The summed E-state index contributed by atoms with van der Waals surface area (Å²) in [5, 5.41) is 16.2. The van der Waals surface area contributed by atoms with E-state index in [1.54, 1.807) is 0 Å². The van der Waals surface area contributed by atoms with E-state index in [0.717, 1.165) is 28.7 Å². The van der Waals surface area contributed by atoms with Gasteiger partial charge in [-0.05, 0) is 28.5 Å². The summed E-state index contributed by atoms with van der Waals surface area (Å²) in [6.07, 6.45) is 1.03. The number of non-ortho nitro benzene ring substituents is 1. The Balaban J connectivity index is 1.90. The fourth-order valence-electron chi connectivity index (χ4n) is 2.62. The lowest BCUT2D eigenvalue weighted by atomic mass is 10.1. The lowest BCUT2D eigenvalue weighted by Gasteiger charge is -2.11. The van der Waals surface area contributed by atoms with Crippen molar-refractivity contribution >= 4 is 32.0 Å². The second-order valence-corrected chi connectivity index (χ2v) is 7.73. The molecule has 3 aromatic rings. The van der Waals surface area contributed by atoms with E-state index < -0.39 is 14.8 Å². The van der Waals surface area contributed by atoms with Crippen molar-refractivity contribution in [2.24, 2.45) is 0 Å². The number of sulfone groups is 1. The number of nitro groups is 1. The molecular weight excluding hydrogens is 340 g/mol. The van der Waals surface area contributed by atoms with Gasteiger partial charge in [0, 0.05) is 24.9 Å². The molecule has 0 bridgehead atoms. The minimum Gasteiger partial charge on any atom is -0.380 e. The lowest BCUT2D eigenvalue weighted by molar-refractivity contribution is -0.385. The molecule has 6 nitrogen and oxygen atoms in total. The predicted molar refractivity (Wildman–Crippen MR) is 97.5 cm³/mol. The number of benzene rings is 3. The highest BCUT2D eigenvalue weighted by Crippen LogP contribution is 2.27. The van der Waals surface area contributed by atoms with Gasteiger partial charge in [-0.1, -0.05) is 36.4 Å². The van der Waals surface area contributed by atoms with Gasteiger partial charge in [0.25, 0.3) is 5.69 Å². The minimum atomic E-state index is -3.60. The molecule has 0 aliphatic rings. The van der Waals surface area contributed by atoms with E-state index in [9.17, 15) is 18.5 Å². The molecule has 0 unspecified atom stereocenters. The second kappa shape index (κ2) is 6.52. The number of rotatable bonds is 5. The molecule has 25 heavy (non-hydrogen) atoms.